The molecule has 0 spiro atoms. The van der Waals surface area contributed by atoms with E-state index in [-0.39, 0.29) is 24.8 Å². The summed E-state index contributed by atoms with van der Waals surface area (Å²) in [7, 11) is 0. The molecule has 0 saturated heterocycles. The largest absolute Gasteiger partial charge is 0.494 e. The highest BCUT2D eigenvalue weighted by Crippen LogP contribution is 2.24. The lowest BCUT2D eigenvalue weighted by Gasteiger charge is -2.32. The molecule has 1 unspecified atom stereocenters. The number of ether oxygens (including phenoxy) is 1. The molecule has 0 heterocycles. The van der Waals surface area contributed by atoms with Crippen molar-refractivity contribution in [2.45, 2.75) is 51.6 Å². The number of nitrogens with one attached hydrogen (secondary N) is 1. The predicted molar refractivity (Wildman–Crippen MR) is 150 cm³/mol. The van der Waals surface area contributed by atoms with Gasteiger partial charge < -0.3 is 15.0 Å². The Hall–Kier alpha value is -3.02. The number of halogens is 2. The summed E-state index contributed by atoms with van der Waals surface area (Å²) in [5, 5.41) is 3.89. The lowest BCUT2D eigenvalue weighted by atomic mass is 10.0. The van der Waals surface area contributed by atoms with E-state index in [0.717, 1.165) is 29.7 Å². The van der Waals surface area contributed by atoms with Crippen molar-refractivity contribution in [3.63, 3.8) is 0 Å². The average Bonchev–Trinajstić information content (AvgIpc) is 2.91. The van der Waals surface area contributed by atoms with Crippen molar-refractivity contribution in [3.05, 3.63) is 100 Å². The lowest BCUT2D eigenvalue weighted by molar-refractivity contribution is -0.141. The van der Waals surface area contributed by atoms with Crippen molar-refractivity contribution in [1.29, 1.82) is 0 Å². The first-order chi connectivity index (χ1) is 18.0. The Morgan fingerprint density at radius 2 is 1.59 bits per heavy atom. The Morgan fingerprint density at radius 1 is 0.892 bits per heavy atom. The summed E-state index contributed by atoms with van der Waals surface area (Å²) in [6, 6.07) is 23.9. The maximum atomic E-state index is 13.6. The van der Waals surface area contributed by atoms with Crippen LogP contribution in [0.2, 0.25) is 10.0 Å². The summed E-state index contributed by atoms with van der Waals surface area (Å²) in [5.74, 6) is 0.487. The van der Waals surface area contributed by atoms with Crippen molar-refractivity contribution in [2.24, 2.45) is 0 Å². The Kier molecular flexibility index (Phi) is 11.8. The smallest absolute Gasteiger partial charge is 0.243 e. The van der Waals surface area contributed by atoms with Crippen molar-refractivity contribution in [2.75, 3.05) is 13.2 Å². The van der Waals surface area contributed by atoms with E-state index in [4.69, 9.17) is 27.9 Å². The highest BCUT2D eigenvalue weighted by atomic mass is 35.5. The average molecular weight is 542 g/mol. The van der Waals surface area contributed by atoms with Crippen LogP contribution in [0.15, 0.2) is 78.9 Å². The van der Waals surface area contributed by atoms with E-state index >= 15 is 0 Å². The van der Waals surface area contributed by atoms with Gasteiger partial charge in [-0.2, -0.15) is 0 Å². The fraction of sp³-hybridized carbons (Fsp3) is 0.333. The van der Waals surface area contributed by atoms with E-state index in [2.05, 4.69) is 12.2 Å². The normalized spacial score (nSPS) is 11.5. The molecule has 2 amide bonds. The fourth-order valence-corrected chi connectivity index (χ4v) is 4.29. The zero-order chi connectivity index (χ0) is 26.5. The first kappa shape index (κ1) is 28.5. The molecular weight excluding hydrogens is 507 g/mol. The first-order valence-corrected chi connectivity index (χ1v) is 13.5. The van der Waals surface area contributed by atoms with Crippen LogP contribution in [0.1, 0.15) is 43.7 Å². The van der Waals surface area contributed by atoms with Crippen LogP contribution in [0.3, 0.4) is 0 Å². The van der Waals surface area contributed by atoms with Gasteiger partial charge in [0.2, 0.25) is 11.8 Å². The minimum absolute atomic E-state index is 0.116. The number of carbonyl (C=O) groups is 2. The van der Waals surface area contributed by atoms with Gasteiger partial charge >= 0.3 is 0 Å². The van der Waals surface area contributed by atoms with Crippen LogP contribution in [0.5, 0.6) is 5.75 Å². The van der Waals surface area contributed by atoms with Gasteiger partial charge in [-0.05, 0) is 48.2 Å². The number of unbranched alkanes of at least 4 members (excludes halogenated alkanes) is 1. The molecule has 1 N–H and O–H groups in total. The molecule has 0 radical (unpaired) electrons. The van der Waals surface area contributed by atoms with Crippen molar-refractivity contribution in [3.8, 4) is 5.75 Å². The van der Waals surface area contributed by atoms with Gasteiger partial charge in [-0.15, -0.1) is 0 Å². The number of carbonyl (C=O) groups excluding carboxylic acids is 2. The van der Waals surface area contributed by atoms with Gasteiger partial charge in [0.15, 0.2) is 0 Å². The van der Waals surface area contributed by atoms with Crippen LogP contribution >= 0.6 is 23.2 Å². The molecule has 3 aromatic rings. The Balaban J connectivity index is 1.80. The second-order valence-corrected chi connectivity index (χ2v) is 9.70. The molecule has 0 aliphatic rings. The van der Waals surface area contributed by atoms with Crippen LogP contribution in [0, 0.1) is 0 Å². The summed E-state index contributed by atoms with van der Waals surface area (Å²) in [6.07, 6.45) is 3.04. The van der Waals surface area contributed by atoms with Crippen LogP contribution in [0.4, 0.5) is 0 Å². The molecule has 5 nitrogen and oxygen atoms in total. The van der Waals surface area contributed by atoms with E-state index in [1.807, 2.05) is 66.7 Å². The van der Waals surface area contributed by atoms with Gasteiger partial charge in [-0.1, -0.05) is 91.1 Å². The zero-order valence-corrected chi connectivity index (χ0v) is 22.7. The number of hydrogen-bond acceptors (Lipinski definition) is 3. The highest BCUT2D eigenvalue weighted by Gasteiger charge is 2.30. The van der Waals surface area contributed by atoms with Crippen LogP contribution in [0.25, 0.3) is 0 Å². The minimum atomic E-state index is -0.670. The molecule has 3 aromatic carbocycles. The molecule has 37 heavy (non-hydrogen) atoms. The Morgan fingerprint density at radius 3 is 2.27 bits per heavy atom. The van der Waals surface area contributed by atoms with Gasteiger partial charge in [-0.25, -0.2) is 0 Å². The second-order valence-electron chi connectivity index (χ2n) is 8.89. The maximum absolute atomic E-state index is 13.6. The van der Waals surface area contributed by atoms with Crippen molar-refractivity contribution in [1.82, 2.24) is 10.2 Å². The molecule has 1 atom stereocenters. The fourth-order valence-electron chi connectivity index (χ4n) is 3.97. The topological polar surface area (TPSA) is 58.6 Å². The third-order valence-corrected chi connectivity index (χ3v) is 6.72. The number of para-hydroxylation sites is 1. The molecule has 0 saturated carbocycles. The summed E-state index contributed by atoms with van der Waals surface area (Å²) < 4.78 is 5.77. The minimum Gasteiger partial charge on any atom is -0.494 e. The van der Waals surface area contributed by atoms with E-state index in [1.165, 1.54) is 0 Å². The van der Waals surface area contributed by atoms with E-state index in [9.17, 15) is 9.59 Å². The monoisotopic (exact) mass is 540 g/mol. The molecule has 0 aliphatic carbocycles. The summed E-state index contributed by atoms with van der Waals surface area (Å²) in [5.41, 5.74) is 1.79. The Labute approximate surface area is 229 Å². The van der Waals surface area contributed by atoms with Crippen LogP contribution < -0.4 is 10.1 Å². The molecule has 0 fully saturated rings. The number of hydrogen-bond donors (Lipinski definition) is 1. The van der Waals surface area contributed by atoms with E-state index in [1.54, 1.807) is 17.0 Å². The number of amides is 2. The lowest BCUT2D eigenvalue weighted by Crippen LogP contribution is -2.50. The quantitative estimate of drug-likeness (QED) is 0.231. The predicted octanol–water partition coefficient (Wildman–Crippen LogP) is 6.71. The van der Waals surface area contributed by atoms with Gasteiger partial charge in [0, 0.05) is 25.9 Å². The second kappa shape index (κ2) is 15.3. The van der Waals surface area contributed by atoms with Gasteiger partial charge in [-0.3, -0.25) is 9.59 Å². The molecular formula is C30H34Cl2N2O3. The molecule has 0 aliphatic heterocycles. The van der Waals surface area contributed by atoms with Crippen molar-refractivity contribution < 1.29 is 14.3 Å². The summed E-state index contributed by atoms with van der Waals surface area (Å²) in [4.78, 5) is 28.7. The molecule has 196 valence electrons. The third kappa shape index (κ3) is 9.42. The number of nitrogens with zero attached hydrogens (tertiary/aromatic N) is 1. The molecule has 7 heteroatoms. The van der Waals surface area contributed by atoms with Gasteiger partial charge in [0.1, 0.15) is 11.8 Å². The highest BCUT2D eigenvalue weighted by molar-refractivity contribution is 6.42. The van der Waals surface area contributed by atoms with Gasteiger partial charge in [0.25, 0.3) is 0 Å². The third-order valence-electron chi connectivity index (χ3n) is 5.98. The molecule has 0 bridgehead atoms. The number of rotatable bonds is 14. The standard InChI is InChI=1S/C30H34Cl2N2O3/c1-2-3-18-33-30(36)28(21-23-11-6-4-7-12-23)34(22-24-16-17-26(31)27(32)20-24)29(35)15-10-19-37-25-13-8-5-9-14-25/h4-9,11-14,16-17,20,28H,2-3,10,15,18-19,21-22H2,1H3,(H,33,36). The van der Waals surface area contributed by atoms with E-state index < -0.39 is 6.04 Å². The Bertz CT molecular complexity index is 1130. The maximum Gasteiger partial charge on any atom is 0.243 e. The SMILES string of the molecule is CCCCNC(=O)C(Cc1ccccc1)N(Cc1ccc(Cl)c(Cl)c1)C(=O)CCCOc1ccccc1. The van der Waals surface area contributed by atoms with E-state index in [0.29, 0.717) is 36.0 Å². The number of benzene rings is 3. The molecule has 0 aromatic heterocycles. The van der Waals surface area contributed by atoms with Crippen LogP contribution in [-0.4, -0.2) is 35.9 Å². The summed E-state index contributed by atoms with van der Waals surface area (Å²) >= 11 is 12.4. The first-order valence-electron chi connectivity index (χ1n) is 12.7. The molecule has 3 rings (SSSR count). The zero-order valence-electron chi connectivity index (χ0n) is 21.2. The van der Waals surface area contributed by atoms with Gasteiger partial charge in [0.05, 0.1) is 16.7 Å². The van der Waals surface area contributed by atoms with Crippen molar-refractivity contribution >= 4 is 35.0 Å². The summed E-state index contributed by atoms with van der Waals surface area (Å²) in [6.45, 7) is 3.29. The van der Waals surface area contributed by atoms with Crippen LogP contribution in [-0.2, 0) is 22.6 Å².